The Morgan fingerprint density at radius 1 is 0.781 bits per heavy atom. The number of hydrogen-bond acceptors (Lipinski definition) is 5. The molecule has 0 unspecified atom stereocenters. The highest BCUT2D eigenvalue weighted by molar-refractivity contribution is 7.85. The van der Waals surface area contributed by atoms with E-state index in [9.17, 15) is 23.1 Å². The first-order chi connectivity index (χ1) is 15.2. The van der Waals surface area contributed by atoms with E-state index in [1.807, 2.05) is 0 Å². The highest BCUT2D eigenvalue weighted by atomic mass is 127. The molecule has 6 nitrogen and oxygen atoms in total. The standard InChI is InChI=1S/C18H22I.C6H5NO5S/c1-3-5-15-7-11-17(12-8-15)19-18-13-9-16(6-4-2)10-14-18;8-7(9)5-3-1-2-4-6(5)13(10,11)12/h7-14H,3-6H2,1-2H3;1-4H,(H,10,11,12)/q+1;/p-1. The number of para-hydroxylation sites is 1. The molecular weight excluding hydrogens is 541 g/mol. The number of nitrogens with zero attached hydrogens (tertiary/aromatic N) is 1. The maximum atomic E-state index is 10.5. The lowest BCUT2D eigenvalue weighted by atomic mass is 10.1. The number of nitro groups is 1. The zero-order valence-corrected chi connectivity index (χ0v) is 21.0. The van der Waals surface area contributed by atoms with Gasteiger partial charge in [0, 0.05) is 6.07 Å². The van der Waals surface area contributed by atoms with E-state index >= 15 is 0 Å². The van der Waals surface area contributed by atoms with Gasteiger partial charge in [-0.15, -0.1) is 0 Å². The molecule has 0 heterocycles. The van der Waals surface area contributed by atoms with E-state index in [2.05, 4.69) is 62.4 Å². The normalized spacial score (nSPS) is 10.8. The molecule has 0 fully saturated rings. The van der Waals surface area contributed by atoms with Crippen LogP contribution < -0.4 is 21.2 Å². The maximum Gasteiger partial charge on any atom is 0.357 e. The van der Waals surface area contributed by atoms with Crippen LogP contribution in [0.3, 0.4) is 0 Å². The van der Waals surface area contributed by atoms with Gasteiger partial charge in [0.05, 0.1) is 4.92 Å². The molecule has 0 saturated carbocycles. The van der Waals surface area contributed by atoms with E-state index in [1.54, 1.807) is 0 Å². The summed E-state index contributed by atoms with van der Waals surface area (Å²) in [6, 6.07) is 22.9. The average Bonchev–Trinajstić information content (AvgIpc) is 2.77. The first kappa shape index (κ1) is 26.0. The second kappa shape index (κ2) is 12.7. The summed E-state index contributed by atoms with van der Waals surface area (Å²) in [6.07, 6.45) is 4.86. The number of halogens is 1. The van der Waals surface area contributed by atoms with Crippen molar-refractivity contribution in [1.29, 1.82) is 0 Å². The number of aryl methyl sites for hydroxylation is 2. The van der Waals surface area contributed by atoms with Gasteiger partial charge in [-0.05, 0) is 54.3 Å². The number of benzene rings is 3. The lowest BCUT2D eigenvalue weighted by Crippen LogP contribution is -3.61. The van der Waals surface area contributed by atoms with Gasteiger partial charge in [-0.3, -0.25) is 10.1 Å². The molecule has 0 amide bonds. The fourth-order valence-corrected chi connectivity index (χ4v) is 5.75. The quantitative estimate of drug-likeness (QED) is 0.180. The molecule has 8 heteroatoms. The molecule has 0 radical (unpaired) electrons. The monoisotopic (exact) mass is 567 g/mol. The highest BCUT2D eigenvalue weighted by Crippen LogP contribution is 2.21. The molecule has 32 heavy (non-hydrogen) atoms. The smallest absolute Gasteiger partial charge is 0.357 e. The predicted molar refractivity (Wildman–Crippen MR) is 119 cm³/mol. The van der Waals surface area contributed by atoms with Crippen molar-refractivity contribution in [2.75, 3.05) is 0 Å². The van der Waals surface area contributed by atoms with Crippen molar-refractivity contribution >= 4 is 15.8 Å². The first-order valence-corrected chi connectivity index (χ1v) is 13.8. The number of rotatable bonds is 8. The third-order valence-electron chi connectivity index (χ3n) is 4.45. The largest absolute Gasteiger partial charge is 0.744 e. The van der Waals surface area contributed by atoms with Crippen molar-refractivity contribution < 1.29 is 39.1 Å². The van der Waals surface area contributed by atoms with Gasteiger partial charge in [0.1, 0.15) is 15.0 Å². The van der Waals surface area contributed by atoms with Gasteiger partial charge >= 0.3 is 21.2 Å². The molecule has 0 N–H and O–H groups in total. The van der Waals surface area contributed by atoms with Crippen molar-refractivity contribution in [2.24, 2.45) is 0 Å². The van der Waals surface area contributed by atoms with Crippen LogP contribution in [0.15, 0.2) is 77.7 Å². The Morgan fingerprint density at radius 2 is 1.22 bits per heavy atom. The second-order valence-corrected chi connectivity index (χ2v) is 11.4. The summed E-state index contributed by atoms with van der Waals surface area (Å²) in [5.74, 6) is 0. The molecule has 3 aromatic carbocycles. The molecule has 0 aliphatic rings. The highest BCUT2D eigenvalue weighted by Gasteiger charge is 2.17. The Hall–Kier alpha value is -2.30. The summed E-state index contributed by atoms with van der Waals surface area (Å²) in [5.41, 5.74) is 2.24. The van der Waals surface area contributed by atoms with E-state index in [0.717, 1.165) is 12.1 Å². The van der Waals surface area contributed by atoms with Gasteiger partial charge in [0.2, 0.25) is 0 Å². The fraction of sp³-hybridized carbons (Fsp3) is 0.250. The fourth-order valence-electron chi connectivity index (χ4n) is 2.95. The third-order valence-corrected chi connectivity index (χ3v) is 8.02. The molecule has 0 spiro atoms. The van der Waals surface area contributed by atoms with Crippen LogP contribution in [-0.4, -0.2) is 17.9 Å². The minimum Gasteiger partial charge on any atom is -0.744 e. The van der Waals surface area contributed by atoms with Crippen molar-refractivity contribution in [3.05, 3.63) is 101 Å². The minimum atomic E-state index is -4.77. The molecule has 0 aromatic heterocycles. The summed E-state index contributed by atoms with van der Waals surface area (Å²) in [7, 11) is -4.77. The van der Waals surface area contributed by atoms with Crippen LogP contribution in [-0.2, 0) is 23.0 Å². The Bertz CT molecular complexity index is 1070. The second-order valence-electron chi connectivity index (χ2n) is 7.03. The van der Waals surface area contributed by atoms with Crippen molar-refractivity contribution in [3.63, 3.8) is 0 Å². The van der Waals surface area contributed by atoms with Crippen LogP contribution >= 0.6 is 0 Å². The summed E-state index contributed by atoms with van der Waals surface area (Å²) < 4.78 is 34.5. The summed E-state index contributed by atoms with van der Waals surface area (Å²) in [5, 5.41) is 10.3. The summed E-state index contributed by atoms with van der Waals surface area (Å²) in [4.78, 5) is 8.55. The van der Waals surface area contributed by atoms with E-state index < -0.39 is 25.6 Å². The molecule has 0 aliphatic heterocycles. The zero-order valence-electron chi connectivity index (χ0n) is 18.0. The maximum absolute atomic E-state index is 10.5. The number of hydrogen-bond donors (Lipinski definition) is 0. The molecule has 0 bridgehead atoms. The molecule has 0 atom stereocenters. The summed E-state index contributed by atoms with van der Waals surface area (Å²) in [6.45, 7) is 4.47. The van der Waals surface area contributed by atoms with Gasteiger partial charge in [0.25, 0.3) is 5.69 Å². The van der Waals surface area contributed by atoms with E-state index in [-0.39, 0.29) is 21.2 Å². The van der Waals surface area contributed by atoms with Gasteiger partial charge < -0.3 is 4.55 Å². The number of nitro benzene ring substituents is 1. The molecule has 170 valence electrons. The van der Waals surface area contributed by atoms with Crippen molar-refractivity contribution in [2.45, 2.75) is 44.4 Å². The van der Waals surface area contributed by atoms with Gasteiger partial charge in [-0.25, -0.2) is 8.42 Å². The first-order valence-electron chi connectivity index (χ1n) is 10.3. The van der Waals surface area contributed by atoms with Crippen molar-refractivity contribution in [3.8, 4) is 0 Å². The van der Waals surface area contributed by atoms with Crippen LogP contribution in [0, 0.1) is 17.3 Å². The van der Waals surface area contributed by atoms with Gasteiger partial charge in [0.15, 0.2) is 7.14 Å². The average molecular weight is 567 g/mol. The molecule has 3 rings (SSSR count). The lowest BCUT2D eigenvalue weighted by molar-refractivity contribution is -0.597. The molecule has 3 aromatic rings. The van der Waals surface area contributed by atoms with Crippen LogP contribution in [0.25, 0.3) is 0 Å². The van der Waals surface area contributed by atoms with Crippen LogP contribution in [0.1, 0.15) is 37.8 Å². The Kier molecular flexibility index (Phi) is 10.3. The predicted octanol–water partition coefficient (Wildman–Crippen LogP) is 2.22. The Labute approximate surface area is 199 Å². The van der Waals surface area contributed by atoms with Gasteiger partial charge in [-0.1, -0.05) is 63.1 Å². The minimum absolute atomic E-state index is 0.0164. The van der Waals surface area contributed by atoms with E-state index in [0.29, 0.717) is 0 Å². The third kappa shape index (κ3) is 8.33. The zero-order chi connectivity index (χ0) is 23.6. The molecule has 0 saturated heterocycles. The summed E-state index contributed by atoms with van der Waals surface area (Å²) >= 11 is -0.0164. The topological polar surface area (TPSA) is 100 Å². The Morgan fingerprint density at radius 3 is 1.56 bits per heavy atom. The van der Waals surface area contributed by atoms with Crippen molar-refractivity contribution in [1.82, 2.24) is 0 Å². The van der Waals surface area contributed by atoms with Crippen LogP contribution in [0.4, 0.5) is 5.69 Å². The van der Waals surface area contributed by atoms with E-state index in [1.165, 1.54) is 56.1 Å². The SMILES string of the molecule is CCCc1ccc([I+]c2ccc(CCC)cc2)cc1.O=[N+]([O-])c1ccccc1S(=O)(=O)[O-]. The molecular formula is C24H26INO5S. The van der Waals surface area contributed by atoms with Crippen LogP contribution in [0.2, 0.25) is 0 Å². The van der Waals surface area contributed by atoms with E-state index in [4.69, 9.17) is 0 Å². The van der Waals surface area contributed by atoms with Gasteiger partial charge in [-0.2, -0.15) is 0 Å². The lowest BCUT2D eigenvalue weighted by Gasteiger charge is -2.06. The Balaban J connectivity index is 0.000000244. The molecule has 0 aliphatic carbocycles. The van der Waals surface area contributed by atoms with Crippen LogP contribution in [0.5, 0.6) is 0 Å².